The average Bonchev–Trinajstić information content (AvgIpc) is 3.05. The van der Waals surface area contributed by atoms with Crippen LogP contribution in [0.15, 0.2) is 53.5 Å². The van der Waals surface area contributed by atoms with Crippen LogP contribution in [-0.2, 0) is 14.2 Å². The van der Waals surface area contributed by atoms with E-state index >= 15 is 0 Å². The third kappa shape index (κ3) is 3.57. The van der Waals surface area contributed by atoms with E-state index in [0.717, 1.165) is 11.1 Å². The van der Waals surface area contributed by atoms with E-state index in [1.807, 2.05) is 35.6 Å². The Balaban J connectivity index is 1.53. The minimum absolute atomic E-state index is 0.0439. The van der Waals surface area contributed by atoms with Crippen molar-refractivity contribution in [1.29, 1.82) is 0 Å². The number of phenols is 1. The van der Waals surface area contributed by atoms with Crippen molar-refractivity contribution in [2.24, 2.45) is 17.8 Å². The van der Waals surface area contributed by atoms with Crippen molar-refractivity contribution in [2.45, 2.75) is 25.9 Å². The smallest absolute Gasteiger partial charge is 0.487 e. The number of halogens is 1. The number of methoxy groups -OCH3 is 1. The topological polar surface area (TPSA) is 96.3 Å². The number of para-hydroxylation sites is 1. The molecule has 0 radical (unpaired) electrons. The van der Waals surface area contributed by atoms with Gasteiger partial charge in [-0.3, -0.25) is 14.5 Å². The van der Waals surface area contributed by atoms with Crippen molar-refractivity contribution >= 4 is 47.2 Å². The van der Waals surface area contributed by atoms with Crippen molar-refractivity contribution in [3.8, 4) is 11.5 Å². The lowest BCUT2D eigenvalue weighted by molar-refractivity contribution is -0.123. The number of hydrogen-bond donors (Lipinski definition) is 2. The molecule has 3 aliphatic rings. The molecule has 2 fully saturated rings. The molecule has 33 heavy (non-hydrogen) atoms. The van der Waals surface area contributed by atoms with E-state index in [-0.39, 0.29) is 23.5 Å². The van der Waals surface area contributed by atoms with Gasteiger partial charge in [0, 0.05) is 0 Å². The summed E-state index contributed by atoms with van der Waals surface area (Å²) in [4.78, 5) is 28.2. The van der Waals surface area contributed by atoms with Gasteiger partial charge < -0.3 is 19.5 Å². The van der Waals surface area contributed by atoms with Crippen LogP contribution < -0.4 is 9.64 Å². The monoisotopic (exact) mass is 559 g/mol. The van der Waals surface area contributed by atoms with Crippen LogP contribution in [0.1, 0.15) is 31.4 Å². The Morgan fingerprint density at radius 3 is 2.58 bits per heavy atom. The third-order valence-corrected chi connectivity index (χ3v) is 7.83. The van der Waals surface area contributed by atoms with Crippen molar-refractivity contribution < 1.29 is 29.1 Å². The Labute approximate surface area is 205 Å². The molecule has 9 heteroatoms. The molecule has 0 spiro atoms. The first kappa shape index (κ1) is 22.4. The van der Waals surface area contributed by atoms with Crippen LogP contribution in [-0.4, -0.2) is 36.2 Å². The Kier molecular flexibility index (Phi) is 5.74. The molecule has 0 unspecified atom stereocenters. The summed E-state index contributed by atoms with van der Waals surface area (Å²) in [5.41, 5.74) is 2.93. The average molecular weight is 559 g/mol. The quantitative estimate of drug-likeness (QED) is 0.339. The summed E-state index contributed by atoms with van der Waals surface area (Å²) in [5.74, 6) is -1.37. The normalized spacial score (nSPS) is 27.0. The molecule has 1 aliphatic carbocycles. The summed E-state index contributed by atoms with van der Waals surface area (Å²) in [7, 11) is 0.309. The number of hydrogen-bond acceptors (Lipinski definition) is 6. The number of ether oxygens (including phenoxy) is 1. The van der Waals surface area contributed by atoms with Crippen LogP contribution in [0.3, 0.4) is 0 Å². The molecule has 170 valence electrons. The Bertz CT molecular complexity index is 1170. The second-order valence-electron chi connectivity index (χ2n) is 8.79. The van der Waals surface area contributed by atoms with Crippen molar-refractivity contribution in [3.05, 3.63) is 62.6 Å². The highest BCUT2D eigenvalue weighted by Crippen LogP contribution is 2.52. The number of amides is 2. The molecule has 7 nitrogen and oxygen atoms in total. The molecular formula is C24H23BINO6. The van der Waals surface area contributed by atoms with Gasteiger partial charge >= 0.3 is 7.12 Å². The molecule has 0 saturated carbocycles. The first-order valence-corrected chi connectivity index (χ1v) is 11.9. The number of carbonyl (C=O) groups is 2. The van der Waals surface area contributed by atoms with Gasteiger partial charge in [0.1, 0.15) is 0 Å². The molecule has 2 aromatic rings. The number of allylic oxidation sites excluding steroid dienone is 2. The van der Waals surface area contributed by atoms with E-state index in [1.54, 1.807) is 36.4 Å². The van der Waals surface area contributed by atoms with E-state index in [9.17, 15) is 19.7 Å². The van der Waals surface area contributed by atoms with Gasteiger partial charge in [0.25, 0.3) is 0 Å². The summed E-state index contributed by atoms with van der Waals surface area (Å²) in [6, 6.07) is 12.5. The number of anilines is 1. The summed E-state index contributed by atoms with van der Waals surface area (Å²) < 4.78 is 11.9. The fourth-order valence-corrected chi connectivity index (χ4v) is 6.16. The maximum Gasteiger partial charge on any atom is 0.487 e. The summed E-state index contributed by atoms with van der Waals surface area (Å²) >= 11 is 2.02. The van der Waals surface area contributed by atoms with E-state index < -0.39 is 25.1 Å². The molecule has 0 aromatic heterocycles. The van der Waals surface area contributed by atoms with E-state index in [2.05, 4.69) is 0 Å². The molecule has 2 heterocycles. The van der Waals surface area contributed by atoms with Crippen LogP contribution in [0.4, 0.5) is 5.69 Å². The number of phenolic OH excluding ortho intramolecular Hbond substituents is 1. The van der Waals surface area contributed by atoms with E-state index in [0.29, 0.717) is 33.3 Å². The lowest BCUT2D eigenvalue weighted by Crippen LogP contribution is -2.44. The van der Waals surface area contributed by atoms with Crippen LogP contribution >= 0.6 is 22.6 Å². The standard InChI is InChI=1S/C24H23BINO6/c1-12-8-16-20(24(30)27(23(16)29)14-6-4-3-5-7-14)15-11-18(33-25(31)21(12)15)13-9-17(26)22(28)19(10-13)32-2/h3-7,9-10,15-16,18,20,28,31H,8,11H2,1-2H3/t15-,16-,18-,20+/m0/s1. The third-order valence-electron chi connectivity index (χ3n) is 7.01. The first-order chi connectivity index (χ1) is 15.8. The SMILES string of the molecule is COc1cc([C@@H]2C[C@@H]3C(=C(C)C[C@@H]4C(=O)N(c5ccccc5)C(=O)[C@@H]43)B(O)O2)cc(I)c1O. The largest absolute Gasteiger partial charge is 0.504 e. The fraction of sp³-hybridized carbons (Fsp3) is 0.333. The van der Waals surface area contributed by atoms with Crippen LogP contribution in [0.2, 0.25) is 0 Å². The number of aromatic hydroxyl groups is 1. The van der Waals surface area contributed by atoms with Gasteiger partial charge in [0.2, 0.25) is 11.8 Å². The summed E-state index contributed by atoms with van der Waals surface area (Å²) in [6.45, 7) is 1.90. The van der Waals surface area contributed by atoms with Gasteiger partial charge in [0.15, 0.2) is 11.5 Å². The second kappa shape index (κ2) is 8.45. The molecule has 2 amide bonds. The van der Waals surface area contributed by atoms with Crippen molar-refractivity contribution in [1.82, 2.24) is 0 Å². The molecule has 2 N–H and O–H groups in total. The Morgan fingerprint density at radius 2 is 1.88 bits per heavy atom. The molecular weight excluding hydrogens is 536 g/mol. The maximum absolute atomic E-state index is 13.6. The Hall–Kier alpha value is -2.37. The summed E-state index contributed by atoms with van der Waals surface area (Å²) in [5, 5.41) is 21.1. The number of fused-ring (bicyclic) bond motifs is 3. The highest BCUT2D eigenvalue weighted by Gasteiger charge is 2.57. The van der Waals surface area contributed by atoms with Gasteiger partial charge in [0.05, 0.1) is 34.3 Å². The molecule has 4 atom stereocenters. The van der Waals surface area contributed by atoms with E-state index in [4.69, 9.17) is 9.39 Å². The van der Waals surface area contributed by atoms with Gasteiger partial charge in [-0.1, -0.05) is 23.8 Å². The number of benzene rings is 2. The van der Waals surface area contributed by atoms with Crippen LogP contribution in [0.5, 0.6) is 11.5 Å². The molecule has 2 aliphatic heterocycles. The van der Waals surface area contributed by atoms with Crippen LogP contribution in [0, 0.1) is 21.3 Å². The van der Waals surface area contributed by atoms with Crippen molar-refractivity contribution in [2.75, 3.05) is 12.0 Å². The number of nitrogens with zero attached hydrogens (tertiary/aromatic N) is 1. The first-order valence-electron chi connectivity index (χ1n) is 10.8. The lowest BCUT2D eigenvalue weighted by Gasteiger charge is -2.41. The Morgan fingerprint density at radius 1 is 1.15 bits per heavy atom. The highest BCUT2D eigenvalue weighted by atomic mass is 127. The fourth-order valence-electron chi connectivity index (χ4n) is 5.54. The number of rotatable bonds is 3. The highest BCUT2D eigenvalue weighted by molar-refractivity contribution is 14.1. The maximum atomic E-state index is 13.6. The zero-order valence-corrected chi connectivity index (χ0v) is 20.4. The van der Waals surface area contributed by atoms with Crippen LogP contribution in [0.25, 0.3) is 0 Å². The predicted octanol–water partition coefficient (Wildman–Crippen LogP) is 3.63. The van der Waals surface area contributed by atoms with Gasteiger partial charge in [-0.15, -0.1) is 0 Å². The minimum atomic E-state index is -1.17. The summed E-state index contributed by atoms with van der Waals surface area (Å²) in [6.07, 6.45) is 0.355. The predicted molar refractivity (Wildman–Crippen MR) is 131 cm³/mol. The van der Waals surface area contributed by atoms with Crippen molar-refractivity contribution in [3.63, 3.8) is 0 Å². The zero-order valence-electron chi connectivity index (χ0n) is 18.2. The number of carbonyl (C=O) groups excluding carboxylic acids is 2. The molecule has 0 bridgehead atoms. The van der Waals surface area contributed by atoms with Gasteiger partial charge in [-0.2, -0.15) is 0 Å². The number of imide groups is 1. The van der Waals surface area contributed by atoms with E-state index in [1.165, 1.54) is 12.0 Å². The molecule has 2 saturated heterocycles. The van der Waals surface area contributed by atoms with Gasteiger partial charge in [-0.05, 0) is 83.6 Å². The second-order valence-corrected chi connectivity index (χ2v) is 9.95. The van der Waals surface area contributed by atoms with Gasteiger partial charge in [-0.25, -0.2) is 0 Å². The zero-order chi connectivity index (χ0) is 23.4. The lowest BCUT2D eigenvalue weighted by atomic mass is 9.55. The minimum Gasteiger partial charge on any atom is -0.504 e. The molecule has 2 aromatic carbocycles. The molecule has 5 rings (SSSR count).